The number of benzene rings is 1. The largest absolute Gasteiger partial charge is 0.461 e. The number of rotatable bonds is 7. The number of sulfonamides is 1. The summed E-state index contributed by atoms with van der Waals surface area (Å²) in [5.41, 5.74) is 1.51. The molecule has 2 N–H and O–H groups in total. The van der Waals surface area contributed by atoms with Crippen molar-refractivity contribution in [2.45, 2.75) is 29.3 Å². The molecular weight excluding hydrogens is 466 g/mol. The lowest BCUT2D eigenvalue weighted by atomic mass is 10.3. The molecule has 0 spiro atoms. The standard InChI is InChI=1S/C20H23N7O4S2/c1-2-26-16-6-5-14(33(28,29)25-7-10-30-11-8-25)12-15(16)22-18(26)13-32-20-24-23-19(27(20)21)17-4-3-9-31-17/h3-6,9,12H,2,7-8,10-11,13,21H2,1H3. The zero-order chi connectivity index (χ0) is 23.0. The van der Waals surface area contributed by atoms with E-state index in [1.165, 1.54) is 20.7 Å². The second-order valence-electron chi connectivity index (χ2n) is 7.38. The van der Waals surface area contributed by atoms with Crippen LogP contribution in [0.4, 0.5) is 0 Å². The predicted octanol–water partition coefficient (Wildman–Crippen LogP) is 1.93. The Morgan fingerprint density at radius 2 is 2.00 bits per heavy atom. The van der Waals surface area contributed by atoms with E-state index >= 15 is 0 Å². The quantitative estimate of drug-likeness (QED) is 0.305. The number of ether oxygens (including phenoxy) is 1. The number of aryl methyl sites for hydroxylation is 1. The third-order valence-corrected chi connectivity index (χ3v) is 8.29. The number of aromatic nitrogens is 5. The molecule has 33 heavy (non-hydrogen) atoms. The van der Waals surface area contributed by atoms with E-state index in [1.807, 2.05) is 13.0 Å². The number of nitrogens with zero attached hydrogens (tertiary/aromatic N) is 6. The first-order chi connectivity index (χ1) is 16.0. The Labute approximate surface area is 194 Å². The van der Waals surface area contributed by atoms with E-state index < -0.39 is 10.0 Å². The van der Waals surface area contributed by atoms with Crippen molar-refractivity contribution in [3.05, 3.63) is 42.4 Å². The number of thioether (sulfide) groups is 1. The number of fused-ring (bicyclic) bond motifs is 1. The van der Waals surface area contributed by atoms with Crippen LogP contribution >= 0.6 is 11.8 Å². The second kappa shape index (κ2) is 8.82. The Bertz CT molecular complexity index is 1370. The Balaban J connectivity index is 1.41. The van der Waals surface area contributed by atoms with Crippen LogP contribution in [0.3, 0.4) is 0 Å². The zero-order valence-corrected chi connectivity index (χ0v) is 19.5. The fourth-order valence-electron chi connectivity index (χ4n) is 3.80. The van der Waals surface area contributed by atoms with Crippen molar-refractivity contribution in [2.75, 3.05) is 32.1 Å². The van der Waals surface area contributed by atoms with Crippen LogP contribution in [0.15, 0.2) is 51.1 Å². The van der Waals surface area contributed by atoms with E-state index in [0.29, 0.717) is 60.9 Å². The summed E-state index contributed by atoms with van der Waals surface area (Å²) in [5, 5.41) is 8.78. The monoisotopic (exact) mass is 489 g/mol. The Morgan fingerprint density at radius 1 is 1.18 bits per heavy atom. The van der Waals surface area contributed by atoms with Crippen LogP contribution in [0.25, 0.3) is 22.6 Å². The molecule has 0 radical (unpaired) electrons. The molecule has 0 bridgehead atoms. The van der Waals surface area contributed by atoms with Gasteiger partial charge in [0.1, 0.15) is 5.82 Å². The smallest absolute Gasteiger partial charge is 0.243 e. The van der Waals surface area contributed by atoms with Gasteiger partial charge in [0.2, 0.25) is 21.0 Å². The van der Waals surface area contributed by atoms with Crippen molar-refractivity contribution >= 4 is 32.8 Å². The summed E-state index contributed by atoms with van der Waals surface area (Å²) in [4.78, 5) is 4.96. The maximum absolute atomic E-state index is 13.0. The molecule has 0 unspecified atom stereocenters. The number of nitrogen functional groups attached to an aromatic ring is 1. The highest BCUT2D eigenvalue weighted by molar-refractivity contribution is 7.98. The van der Waals surface area contributed by atoms with Crippen LogP contribution in [0.2, 0.25) is 0 Å². The molecule has 1 fully saturated rings. The van der Waals surface area contributed by atoms with Crippen molar-refractivity contribution in [3.8, 4) is 11.6 Å². The fraction of sp³-hybridized carbons (Fsp3) is 0.350. The summed E-state index contributed by atoms with van der Waals surface area (Å²) < 4.78 is 41.6. The van der Waals surface area contributed by atoms with Crippen LogP contribution in [0.5, 0.6) is 0 Å². The first-order valence-corrected chi connectivity index (χ1v) is 12.9. The van der Waals surface area contributed by atoms with Gasteiger partial charge in [-0.15, -0.1) is 10.2 Å². The highest BCUT2D eigenvalue weighted by atomic mass is 32.2. The number of imidazole rings is 1. The minimum absolute atomic E-state index is 0.238. The van der Waals surface area contributed by atoms with Gasteiger partial charge in [-0.05, 0) is 37.3 Å². The summed E-state index contributed by atoms with van der Waals surface area (Å²) in [6, 6.07) is 8.62. The number of nitrogens with two attached hydrogens (primary N) is 1. The lowest BCUT2D eigenvalue weighted by Crippen LogP contribution is -2.40. The molecule has 1 saturated heterocycles. The van der Waals surface area contributed by atoms with Crippen molar-refractivity contribution in [1.82, 2.24) is 28.7 Å². The average molecular weight is 490 g/mol. The van der Waals surface area contributed by atoms with Gasteiger partial charge < -0.3 is 19.6 Å². The lowest BCUT2D eigenvalue weighted by Gasteiger charge is -2.26. The molecule has 1 aromatic carbocycles. The molecule has 0 saturated carbocycles. The van der Waals surface area contributed by atoms with Crippen molar-refractivity contribution in [3.63, 3.8) is 0 Å². The Morgan fingerprint density at radius 3 is 2.73 bits per heavy atom. The third-order valence-electron chi connectivity index (χ3n) is 5.46. The van der Waals surface area contributed by atoms with Gasteiger partial charge in [0.05, 0.1) is 41.2 Å². The molecule has 0 atom stereocenters. The maximum atomic E-state index is 13.0. The van der Waals surface area contributed by atoms with Crippen LogP contribution in [0, 0.1) is 0 Å². The topological polar surface area (TPSA) is 134 Å². The third kappa shape index (κ3) is 4.01. The average Bonchev–Trinajstić information content (AvgIpc) is 3.56. The van der Waals surface area contributed by atoms with Gasteiger partial charge in [0.25, 0.3) is 0 Å². The summed E-state index contributed by atoms with van der Waals surface area (Å²) in [6.07, 6.45) is 1.55. The van der Waals surface area contributed by atoms with Crippen LogP contribution in [0.1, 0.15) is 12.7 Å². The van der Waals surface area contributed by atoms with E-state index in [9.17, 15) is 8.42 Å². The maximum Gasteiger partial charge on any atom is 0.243 e. The van der Waals surface area contributed by atoms with E-state index in [0.717, 1.165) is 11.3 Å². The molecule has 4 aromatic rings. The normalized spacial score (nSPS) is 15.4. The number of hydrogen-bond donors (Lipinski definition) is 1. The number of morpholine rings is 1. The summed E-state index contributed by atoms with van der Waals surface area (Å²) in [6.45, 7) is 4.22. The van der Waals surface area contributed by atoms with E-state index in [4.69, 9.17) is 20.0 Å². The highest BCUT2D eigenvalue weighted by Crippen LogP contribution is 2.28. The molecule has 0 amide bonds. The van der Waals surface area contributed by atoms with Gasteiger partial charge in [-0.1, -0.05) is 11.8 Å². The minimum atomic E-state index is -3.59. The van der Waals surface area contributed by atoms with Gasteiger partial charge >= 0.3 is 0 Å². The van der Waals surface area contributed by atoms with E-state index in [-0.39, 0.29) is 4.90 Å². The van der Waals surface area contributed by atoms with E-state index in [1.54, 1.807) is 30.5 Å². The van der Waals surface area contributed by atoms with Crippen molar-refractivity contribution in [2.24, 2.45) is 0 Å². The zero-order valence-electron chi connectivity index (χ0n) is 17.9. The molecule has 1 aliphatic heterocycles. The summed E-state index contributed by atoms with van der Waals surface area (Å²) >= 11 is 1.39. The molecule has 11 nitrogen and oxygen atoms in total. The first kappa shape index (κ1) is 21.9. The molecule has 3 aromatic heterocycles. The van der Waals surface area contributed by atoms with Crippen LogP contribution in [-0.4, -0.2) is 63.5 Å². The Hall–Kier alpha value is -2.87. The summed E-state index contributed by atoms with van der Waals surface area (Å²) in [7, 11) is -3.59. The molecule has 13 heteroatoms. The predicted molar refractivity (Wildman–Crippen MR) is 122 cm³/mol. The van der Waals surface area contributed by atoms with E-state index in [2.05, 4.69) is 14.8 Å². The molecule has 4 heterocycles. The van der Waals surface area contributed by atoms with Gasteiger partial charge in [-0.2, -0.15) is 4.31 Å². The molecular formula is C20H23N7O4S2. The molecule has 5 rings (SSSR count). The molecule has 174 valence electrons. The highest BCUT2D eigenvalue weighted by Gasteiger charge is 2.27. The minimum Gasteiger partial charge on any atom is -0.461 e. The van der Waals surface area contributed by atoms with Gasteiger partial charge in [-0.25, -0.2) is 18.1 Å². The van der Waals surface area contributed by atoms with Crippen LogP contribution in [-0.2, 0) is 27.1 Å². The SMILES string of the molecule is CCn1c(CSc2nnc(-c3ccco3)n2N)nc2cc(S(=O)(=O)N3CCOCC3)ccc21. The number of furan rings is 1. The van der Waals surface area contributed by atoms with Gasteiger partial charge in [0, 0.05) is 19.6 Å². The van der Waals surface area contributed by atoms with Gasteiger partial charge in [0.15, 0.2) is 5.76 Å². The molecule has 1 aliphatic rings. The van der Waals surface area contributed by atoms with Crippen molar-refractivity contribution < 1.29 is 17.6 Å². The Kier molecular flexibility index (Phi) is 5.86. The first-order valence-electron chi connectivity index (χ1n) is 10.4. The second-order valence-corrected chi connectivity index (χ2v) is 10.3. The van der Waals surface area contributed by atoms with Crippen molar-refractivity contribution in [1.29, 1.82) is 0 Å². The van der Waals surface area contributed by atoms with Gasteiger partial charge in [-0.3, -0.25) is 0 Å². The number of hydrogen-bond acceptors (Lipinski definition) is 9. The summed E-state index contributed by atoms with van der Waals surface area (Å²) in [5.74, 6) is 8.40. The fourth-order valence-corrected chi connectivity index (χ4v) is 6.03. The van der Waals surface area contributed by atoms with Crippen LogP contribution < -0.4 is 5.84 Å². The lowest BCUT2D eigenvalue weighted by molar-refractivity contribution is 0.0730. The molecule has 0 aliphatic carbocycles.